The Hall–Kier alpha value is -0.870. The Morgan fingerprint density at radius 1 is 1.39 bits per heavy atom. The molecule has 0 unspecified atom stereocenters. The van der Waals surface area contributed by atoms with Gasteiger partial charge in [0, 0.05) is 25.9 Å². The zero-order chi connectivity index (χ0) is 12.6. The Morgan fingerprint density at radius 3 is 3.00 bits per heavy atom. The largest absolute Gasteiger partial charge is 0.380 e. The maximum Gasteiger partial charge on any atom is 0.0762 e. The third-order valence-corrected chi connectivity index (χ3v) is 3.55. The molecule has 4 nitrogen and oxygen atoms in total. The van der Waals surface area contributed by atoms with Crippen LogP contribution in [0.2, 0.25) is 0 Å². The topological polar surface area (TPSA) is 39.1 Å². The summed E-state index contributed by atoms with van der Waals surface area (Å²) in [6, 6.07) is 2.76. The van der Waals surface area contributed by atoms with Crippen molar-refractivity contribution in [3.8, 4) is 0 Å². The van der Waals surface area contributed by atoms with E-state index in [2.05, 4.69) is 27.4 Å². The van der Waals surface area contributed by atoms with Crippen molar-refractivity contribution in [2.75, 3.05) is 19.8 Å². The summed E-state index contributed by atoms with van der Waals surface area (Å²) in [6.45, 7) is 5.32. The third kappa shape index (κ3) is 4.10. The van der Waals surface area contributed by atoms with E-state index in [0.29, 0.717) is 6.04 Å². The number of rotatable bonds is 7. The number of ether oxygens (including phenoxy) is 1. The van der Waals surface area contributed by atoms with E-state index in [9.17, 15) is 0 Å². The smallest absolute Gasteiger partial charge is 0.0762 e. The van der Waals surface area contributed by atoms with E-state index in [1.165, 1.54) is 32.1 Å². The minimum absolute atomic E-state index is 0.635. The molecule has 0 amide bonds. The van der Waals surface area contributed by atoms with Crippen LogP contribution in [0.15, 0.2) is 12.3 Å². The highest BCUT2D eigenvalue weighted by atomic mass is 16.5. The van der Waals surface area contributed by atoms with Crippen LogP contribution in [0.4, 0.5) is 0 Å². The molecule has 2 rings (SSSR count). The molecule has 0 saturated heterocycles. The van der Waals surface area contributed by atoms with Gasteiger partial charge in [-0.15, -0.1) is 0 Å². The molecular weight excluding hydrogens is 226 g/mol. The van der Waals surface area contributed by atoms with Crippen molar-refractivity contribution in [1.82, 2.24) is 15.1 Å². The standard InChI is InChI=1S/C14H25N3O/c1-2-18-11-9-15-12-13-8-10-17(16-13)14-6-4-3-5-7-14/h8,10,14-15H,2-7,9,11-12H2,1H3. The Kier molecular flexibility index (Phi) is 5.68. The first-order chi connectivity index (χ1) is 8.90. The van der Waals surface area contributed by atoms with Crippen LogP contribution < -0.4 is 5.32 Å². The van der Waals surface area contributed by atoms with Crippen molar-refractivity contribution in [3.63, 3.8) is 0 Å². The molecule has 1 aromatic heterocycles. The maximum atomic E-state index is 5.28. The quantitative estimate of drug-likeness (QED) is 0.757. The summed E-state index contributed by atoms with van der Waals surface area (Å²) >= 11 is 0. The van der Waals surface area contributed by atoms with Gasteiger partial charge in [-0.25, -0.2) is 0 Å². The van der Waals surface area contributed by atoms with E-state index < -0.39 is 0 Å². The molecule has 1 fully saturated rings. The fraction of sp³-hybridized carbons (Fsp3) is 0.786. The molecule has 0 atom stereocenters. The summed E-state index contributed by atoms with van der Waals surface area (Å²) in [5, 5.41) is 8.02. The predicted molar refractivity (Wildman–Crippen MR) is 72.5 cm³/mol. The molecule has 18 heavy (non-hydrogen) atoms. The number of aromatic nitrogens is 2. The highest BCUT2D eigenvalue weighted by Gasteiger charge is 2.15. The van der Waals surface area contributed by atoms with Gasteiger partial charge in [0.2, 0.25) is 0 Å². The Morgan fingerprint density at radius 2 is 2.22 bits per heavy atom. The Bertz CT molecular complexity index is 332. The fourth-order valence-electron chi connectivity index (χ4n) is 2.53. The minimum Gasteiger partial charge on any atom is -0.380 e. The molecule has 0 bridgehead atoms. The molecule has 1 aliphatic carbocycles. The summed E-state index contributed by atoms with van der Waals surface area (Å²) in [5.41, 5.74) is 1.14. The molecule has 0 aliphatic heterocycles. The van der Waals surface area contributed by atoms with Crippen LogP contribution in [0.5, 0.6) is 0 Å². The van der Waals surface area contributed by atoms with Crippen molar-refractivity contribution in [2.24, 2.45) is 0 Å². The first-order valence-corrected chi connectivity index (χ1v) is 7.22. The molecule has 0 aromatic carbocycles. The zero-order valence-corrected chi connectivity index (χ0v) is 11.4. The van der Waals surface area contributed by atoms with E-state index in [4.69, 9.17) is 4.74 Å². The van der Waals surface area contributed by atoms with Gasteiger partial charge in [0.25, 0.3) is 0 Å². The monoisotopic (exact) mass is 251 g/mol. The number of nitrogens with one attached hydrogen (secondary N) is 1. The SMILES string of the molecule is CCOCCNCc1ccn(C2CCCCC2)n1. The number of hydrogen-bond acceptors (Lipinski definition) is 3. The van der Waals surface area contributed by atoms with Crippen molar-refractivity contribution < 1.29 is 4.74 Å². The molecular formula is C14H25N3O. The Balaban J connectivity index is 1.72. The van der Waals surface area contributed by atoms with Gasteiger partial charge in [-0.05, 0) is 25.8 Å². The van der Waals surface area contributed by atoms with Gasteiger partial charge in [-0.2, -0.15) is 5.10 Å². The minimum atomic E-state index is 0.635. The van der Waals surface area contributed by atoms with Gasteiger partial charge in [0.1, 0.15) is 0 Å². The van der Waals surface area contributed by atoms with Gasteiger partial charge in [0.15, 0.2) is 0 Å². The highest BCUT2D eigenvalue weighted by molar-refractivity contribution is 4.99. The fourth-order valence-corrected chi connectivity index (χ4v) is 2.53. The van der Waals surface area contributed by atoms with Crippen LogP contribution in [-0.4, -0.2) is 29.5 Å². The normalized spacial score (nSPS) is 17.2. The van der Waals surface area contributed by atoms with E-state index in [1.807, 2.05) is 6.92 Å². The average molecular weight is 251 g/mol. The first-order valence-electron chi connectivity index (χ1n) is 7.22. The lowest BCUT2D eigenvalue weighted by Gasteiger charge is -2.21. The van der Waals surface area contributed by atoms with Crippen molar-refractivity contribution in [3.05, 3.63) is 18.0 Å². The molecule has 1 heterocycles. The summed E-state index contributed by atoms with van der Waals surface area (Å²) < 4.78 is 7.45. The van der Waals surface area contributed by atoms with Crippen LogP contribution in [-0.2, 0) is 11.3 Å². The second kappa shape index (κ2) is 7.54. The van der Waals surface area contributed by atoms with Gasteiger partial charge >= 0.3 is 0 Å². The van der Waals surface area contributed by atoms with Gasteiger partial charge in [0.05, 0.1) is 18.3 Å². The van der Waals surface area contributed by atoms with Crippen molar-refractivity contribution in [1.29, 1.82) is 0 Å². The zero-order valence-electron chi connectivity index (χ0n) is 11.4. The first kappa shape index (κ1) is 13.6. The second-order valence-electron chi connectivity index (χ2n) is 4.95. The predicted octanol–water partition coefficient (Wildman–Crippen LogP) is 2.51. The second-order valence-corrected chi connectivity index (χ2v) is 4.95. The van der Waals surface area contributed by atoms with E-state index in [-0.39, 0.29) is 0 Å². The van der Waals surface area contributed by atoms with Crippen LogP contribution in [0.25, 0.3) is 0 Å². The van der Waals surface area contributed by atoms with Crippen LogP contribution in [0.1, 0.15) is 50.8 Å². The van der Waals surface area contributed by atoms with Crippen LogP contribution >= 0.6 is 0 Å². The molecule has 1 aromatic rings. The summed E-state index contributed by atoms with van der Waals surface area (Å²) in [5.74, 6) is 0. The number of hydrogen-bond donors (Lipinski definition) is 1. The summed E-state index contributed by atoms with van der Waals surface area (Å²) in [4.78, 5) is 0. The molecule has 0 spiro atoms. The van der Waals surface area contributed by atoms with E-state index >= 15 is 0 Å². The lowest BCUT2D eigenvalue weighted by atomic mass is 9.96. The highest BCUT2D eigenvalue weighted by Crippen LogP contribution is 2.27. The van der Waals surface area contributed by atoms with Gasteiger partial charge < -0.3 is 10.1 Å². The lowest BCUT2D eigenvalue weighted by molar-refractivity contribution is 0.149. The molecule has 4 heteroatoms. The van der Waals surface area contributed by atoms with E-state index in [0.717, 1.165) is 32.0 Å². The van der Waals surface area contributed by atoms with Crippen molar-refractivity contribution >= 4 is 0 Å². The van der Waals surface area contributed by atoms with Crippen LogP contribution in [0.3, 0.4) is 0 Å². The van der Waals surface area contributed by atoms with Gasteiger partial charge in [-0.1, -0.05) is 19.3 Å². The Labute approximate surface area is 110 Å². The van der Waals surface area contributed by atoms with E-state index in [1.54, 1.807) is 0 Å². The lowest BCUT2D eigenvalue weighted by Crippen LogP contribution is -2.20. The average Bonchev–Trinajstić information content (AvgIpc) is 2.88. The summed E-state index contributed by atoms with van der Waals surface area (Å²) in [6.07, 6.45) is 8.82. The summed E-state index contributed by atoms with van der Waals surface area (Å²) in [7, 11) is 0. The molecule has 102 valence electrons. The van der Waals surface area contributed by atoms with Crippen molar-refractivity contribution in [2.45, 2.75) is 51.6 Å². The molecule has 0 radical (unpaired) electrons. The van der Waals surface area contributed by atoms with Gasteiger partial charge in [-0.3, -0.25) is 4.68 Å². The molecule has 1 saturated carbocycles. The molecule has 1 N–H and O–H groups in total. The maximum absolute atomic E-state index is 5.28. The molecule has 1 aliphatic rings. The number of nitrogens with zero attached hydrogens (tertiary/aromatic N) is 2. The third-order valence-electron chi connectivity index (χ3n) is 3.55. The van der Waals surface area contributed by atoms with Crippen LogP contribution in [0, 0.1) is 0 Å².